The molecule has 0 aliphatic carbocycles. The molecule has 0 heterocycles. The molecule has 2 rings (SSSR count). The SMILES string of the molecule is CC(OC(=O)CN(C)S(=O)(=O)c1ccc(F)cc1)c1ccccc1. The number of sulfonamides is 1. The summed E-state index contributed by atoms with van der Waals surface area (Å²) in [6.07, 6.45) is -0.486. The van der Waals surface area contributed by atoms with Gasteiger partial charge in [-0.25, -0.2) is 12.8 Å². The normalized spacial score (nSPS) is 12.8. The highest BCUT2D eigenvalue weighted by Crippen LogP contribution is 2.18. The molecule has 2 aromatic rings. The van der Waals surface area contributed by atoms with Crippen molar-refractivity contribution in [2.45, 2.75) is 17.9 Å². The monoisotopic (exact) mass is 351 g/mol. The number of hydrogen-bond acceptors (Lipinski definition) is 4. The molecule has 0 amide bonds. The molecule has 128 valence electrons. The molecule has 0 saturated carbocycles. The smallest absolute Gasteiger partial charge is 0.321 e. The van der Waals surface area contributed by atoms with Gasteiger partial charge in [-0.15, -0.1) is 0 Å². The van der Waals surface area contributed by atoms with Crippen molar-refractivity contribution in [1.29, 1.82) is 0 Å². The fourth-order valence-electron chi connectivity index (χ4n) is 2.08. The average Bonchev–Trinajstić information content (AvgIpc) is 2.55. The van der Waals surface area contributed by atoms with Gasteiger partial charge < -0.3 is 4.74 Å². The molecule has 0 aliphatic heterocycles. The molecule has 0 aromatic heterocycles. The molecule has 1 unspecified atom stereocenters. The van der Waals surface area contributed by atoms with E-state index < -0.39 is 34.5 Å². The average molecular weight is 351 g/mol. The lowest BCUT2D eigenvalue weighted by Gasteiger charge is -2.19. The quantitative estimate of drug-likeness (QED) is 0.751. The van der Waals surface area contributed by atoms with Crippen LogP contribution in [0.25, 0.3) is 0 Å². The number of carbonyl (C=O) groups is 1. The molecular formula is C17H18FNO4S. The Morgan fingerprint density at radius 2 is 1.71 bits per heavy atom. The van der Waals surface area contributed by atoms with Crippen LogP contribution in [0.15, 0.2) is 59.5 Å². The van der Waals surface area contributed by atoms with Crippen LogP contribution in [-0.2, 0) is 19.6 Å². The largest absolute Gasteiger partial charge is 0.457 e. The number of benzene rings is 2. The van der Waals surface area contributed by atoms with Crippen LogP contribution in [0.1, 0.15) is 18.6 Å². The van der Waals surface area contributed by atoms with Gasteiger partial charge in [0.25, 0.3) is 0 Å². The molecule has 0 saturated heterocycles. The topological polar surface area (TPSA) is 63.7 Å². The van der Waals surface area contributed by atoms with E-state index in [0.29, 0.717) is 0 Å². The Kier molecular flexibility index (Phi) is 5.69. The fourth-order valence-corrected chi connectivity index (χ4v) is 3.20. The van der Waals surface area contributed by atoms with Gasteiger partial charge in [0.05, 0.1) is 4.90 Å². The second-order valence-electron chi connectivity index (χ2n) is 5.26. The Morgan fingerprint density at radius 1 is 1.12 bits per heavy atom. The van der Waals surface area contributed by atoms with Crippen LogP contribution in [0.4, 0.5) is 4.39 Å². The minimum atomic E-state index is -3.89. The second-order valence-corrected chi connectivity index (χ2v) is 7.30. The predicted molar refractivity (Wildman–Crippen MR) is 87.2 cm³/mol. The molecule has 1 atom stereocenters. The van der Waals surface area contributed by atoms with Crippen LogP contribution in [0.3, 0.4) is 0 Å². The Hall–Kier alpha value is -2.25. The summed E-state index contributed by atoms with van der Waals surface area (Å²) in [5.74, 6) is -1.20. The van der Waals surface area contributed by atoms with E-state index in [-0.39, 0.29) is 4.90 Å². The van der Waals surface area contributed by atoms with Gasteiger partial charge in [-0.1, -0.05) is 30.3 Å². The molecule has 0 bridgehead atoms. The highest BCUT2D eigenvalue weighted by Gasteiger charge is 2.24. The summed E-state index contributed by atoms with van der Waals surface area (Å²) in [6.45, 7) is 1.28. The van der Waals surface area contributed by atoms with Gasteiger partial charge in [0.15, 0.2) is 0 Å². The zero-order valence-corrected chi connectivity index (χ0v) is 14.2. The molecule has 24 heavy (non-hydrogen) atoms. The summed E-state index contributed by atoms with van der Waals surface area (Å²) in [4.78, 5) is 11.9. The van der Waals surface area contributed by atoms with Crippen molar-refractivity contribution in [2.75, 3.05) is 13.6 Å². The summed E-state index contributed by atoms with van der Waals surface area (Å²) in [7, 11) is -2.61. The summed E-state index contributed by atoms with van der Waals surface area (Å²) in [5, 5.41) is 0. The third kappa shape index (κ3) is 4.39. The standard InChI is InChI=1S/C17H18FNO4S/c1-13(14-6-4-3-5-7-14)23-17(20)12-19(2)24(21,22)16-10-8-15(18)9-11-16/h3-11,13H,12H2,1-2H3. The van der Waals surface area contributed by atoms with Crippen LogP contribution in [0.2, 0.25) is 0 Å². The maximum atomic E-state index is 12.9. The Labute approximate surface area is 140 Å². The Balaban J connectivity index is 2.01. The van der Waals surface area contributed by atoms with Gasteiger partial charge in [0.2, 0.25) is 10.0 Å². The molecule has 7 heteroatoms. The van der Waals surface area contributed by atoms with E-state index in [1.165, 1.54) is 7.05 Å². The van der Waals surface area contributed by atoms with Crippen molar-refractivity contribution >= 4 is 16.0 Å². The summed E-state index contributed by atoms with van der Waals surface area (Å²) < 4.78 is 43.7. The molecule has 0 N–H and O–H groups in total. The first-order chi connectivity index (χ1) is 11.3. The van der Waals surface area contributed by atoms with Crippen molar-refractivity contribution in [2.24, 2.45) is 0 Å². The summed E-state index contributed by atoms with van der Waals surface area (Å²) in [6, 6.07) is 13.5. The first-order valence-corrected chi connectivity index (χ1v) is 8.71. The van der Waals surface area contributed by atoms with Crippen LogP contribution in [0, 0.1) is 5.82 Å². The van der Waals surface area contributed by atoms with E-state index in [4.69, 9.17) is 4.74 Å². The van der Waals surface area contributed by atoms with Crippen LogP contribution >= 0.6 is 0 Å². The lowest BCUT2D eigenvalue weighted by molar-refractivity contribution is -0.148. The van der Waals surface area contributed by atoms with Gasteiger partial charge in [-0.3, -0.25) is 4.79 Å². The maximum absolute atomic E-state index is 12.9. The molecule has 0 spiro atoms. The molecular weight excluding hydrogens is 333 g/mol. The molecule has 0 fully saturated rings. The van der Waals surface area contributed by atoms with Gasteiger partial charge >= 0.3 is 5.97 Å². The van der Waals surface area contributed by atoms with Gasteiger partial charge in [-0.05, 0) is 36.8 Å². The number of hydrogen-bond donors (Lipinski definition) is 0. The third-order valence-corrected chi connectivity index (χ3v) is 5.27. The van der Waals surface area contributed by atoms with Crippen LogP contribution < -0.4 is 0 Å². The number of esters is 1. The lowest BCUT2D eigenvalue weighted by atomic mass is 10.1. The first-order valence-electron chi connectivity index (χ1n) is 7.27. The number of rotatable bonds is 6. The maximum Gasteiger partial charge on any atom is 0.321 e. The molecule has 2 aromatic carbocycles. The minimum Gasteiger partial charge on any atom is -0.457 e. The van der Waals surface area contributed by atoms with E-state index in [9.17, 15) is 17.6 Å². The van der Waals surface area contributed by atoms with Crippen molar-refractivity contribution in [3.05, 3.63) is 66.0 Å². The van der Waals surface area contributed by atoms with E-state index in [1.807, 2.05) is 30.3 Å². The number of carbonyl (C=O) groups excluding carboxylic acids is 1. The van der Waals surface area contributed by atoms with Crippen molar-refractivity contribution in [3.8, 4) is 0 Å². The second kappa shape index (κ2) is 7.55. The zero-order valence-electron chi connectivity index (χ0n) is 13.3. The van der Waals surface area contributed by atoms with E-state index in [1.54, 1.807) is 6.92 Å². The highest BCUT2D eigenvalue weighted by molar-refractivity contribution is 7.89. The molecule has 0 aliphatic rings. The van der Waals surface area contributed by atoms with Crippen molar-refractivity contribution < 1.29 is 22.3 Å². The van der Waals surface area contributed by atoms with Crippen LogP contribution in [0.5, 0.6) is 0 Å². The molecule has 0 radical (unpaired) electrons. The van der Waals surface area contributed by atoms with E-state index in [2.05, 4.69) is 0 Å². The van der Waals surface area contributed by atoms with Crippen molar-refractivity contribution in [3.63, 3.8) is 0 Å². The number of ether oxygens (including phenoxy) is 1. The minimum absolute atomic E-state index is 0.0877. The number of halogens is 1. The number of nitrogens with zero attached hydrogens (tertiary/aromatic N) is 1. The molecule has 5 nitrogen and oxygen atoms in total. The highest BCUT2D eigenvalue weighted by atomic mass is 32.2. The lowest BCUT2D eigenvalue weighted by Crippen LogP contribution is -2.33. The van der Waals surface area contributed by atoms with Gasteiger partial charge in [-0.2, -0.15) is 4.31 Å². The van der Waals surface area contributed by atoms with Crippen LogP contribution in [-0.4, -0.2) is 32.3 Å². The summed E-state index contributed by atoms with van der Waals surface area (Å²) >= 11 is 0. The summed E-state index contributed by atoms with van der Waals surface area (Å²) in [5.41, 5.74) is 0.815. The van der Waals surface area contributed by atoms with Gasteiger partial charge in [0, 0.05) is 7.05 Å². The zero-order chi connectivity index (χ0) is 17.7. The first kappa shape index (κ1) is 18.1. The van der Waals surface area contributed by atoms with E-state index in [0.717, 1.165) is 34.1 Å². The van der Waals surface area contributed by atoms with Crippen molar-refractivity contribution in [1.82, 2.24) is 4.31 Å². The predicted octanol–water partition coefficient (Wildman–Crippen LogP) is 2.75. The van der Waals surface area contributed by atoms with E-state index >= 15 is 0 Å². The third-order valence-electron chi connectivity index (χ3n) is 3.45. The number of likely N-dealkylation sites (N-methyl/N-ethyl adjacent to an activating group) is 1. The Bertz CT molecular complexity index is 791. The van der Waals surface area contributed by atoms with Gasteiger partial charge in [0.1, 0.15) is 18.5 Å². The Morgan fingerprint density at radius 3 is 2.29 bits per heavy atom. The fraction of sp³-hybridized carbons (Fsp3) is 0.235.